The van der Waals surface area contributed by atoms with Gasteiger partial charge in [0.25, 0.3) is 0 Å². The molecule has 0 radical (unpaired) electrons. The van der Waals surface area contributed by atoms with Gasteiger partial charge >= 0.3 is 0 Å². The standard InChI is InChI=1S/C26H35Cl2N3O4S/c1-6-24(26(33)29-18(2)3)30(17-20-12-13-21(27)16-23(20)28)25(32)11-8-14-31(36(5,34)35)22-10-7-9-19(4)15-22/h7,9-10,12-13,15-16,18,24H,6,8,11,14,17H2,1-5H3,(H,29,33)/t24-/m0/s1. The molecule has 198 valence electrons. The minimum atomic E-state index is -3.54. The number of carbonyl (C=O) groups is 2. The van der Waals surface area contributed by atoms with Gasteiger partial charge in [0.15, 0.2) is 0 Å². The lowest BCUT2D eigenvalue weighted by Crippen LogP contribution is -2.50. The van der Waals surface area contributed by atoms with E-state index >= 15 is 0 Å². The third-order valence-corrected chi connectivity index (χ3v) is 7.40. The summed E-state index contributed by atoms with van der Waals surface area (Å²) in [5, 5.41) is 3.77. The highest BCUT2D eigenvalue weighted by atomic mass is 35.5. The molecule has 0 aliphatic heterocycles. The van der Waals surface area contributed by atoms with Crippen LogP contribution in [0.15, 0.2) is 42.5 Å². The zero-order valence-electron chi connectivity index (χ0n) is 21.4. The molecule has 0 aromatic heterocycles. The van der Waals surface area contributed by atoms with E-state index in [0.29, 0.717) is 27.7 Å². The maximum Gasteiger partial charge on any atom is 0.243 e. The van der Waals surface area contributed by atoms with E-state index in [4.69, 9.17) is 23.2 Å². The Labute approximate surface area is 224 Å². The lowest BCUT2D eigenvalue weighted by atomic mass is 10.1. The van der Waals surface area contributed by atoms with Crippen molar-refractivity contribution < 1.29 is 18.0 Å². The van der Waals surface area contributed by atoms with Gasteiger partial charge in [-0.2, -0.15) is 0 Å². The van der Waals surface area contributed by atoms with Gasteiger partial charge in [-0.1, -0.05) is 48.3 Å². The van der Waals surface area contributed by atoms with E-state index in [1.807, 2.05) is 33.8 Å². The number of benzene rings is 2. The van der Waals surface area contributed by atoms with Crippen LogP contribution >= 0.6 is 23.2 Å². The summed E-state index contributed by atoms with van der Waals surface area (Å²) in [6, 6.07) is 11.4. The Balaban J connectivity index is 2.26. The Morgan fingerprint density at radius 3 is 2.33 bits per heavy atom. The van der Waals surface area contributed by atoms with Crippen molar-refractivity contribution in [3.8, 4) is 0 Å². The van der Waals surface area contributed by atoms with E-state index in [-0.39, 0.29) is 43.8 Å². The molecule has 0 heterocycles. The average molecular weight is 557 g/mol. The number of amides is 2. The molecule has 10 heteroatoms. The van der Waals surface area contributed by atoms with Gasteiger partial charge in [-0.05, 0) is 69.0 Å². The first kappa shape index (κ1) is 29.9. The molecule has 1 N–H and O–H groups in total. The van der Waals surface area contributed by atoms with Gasteiger partial charge in [0.1, 0.15) is 6.04 Å². The first-order valence-electron chi connectivity index (χ1n) is 11.9. The van der Waals surface area contributed by atoms with E-state index in [1.165, 1.54) is 9.21 Å². The number of aryl methyl sites for hydroxylation is 1. The third kappa shape index (κ3) is 8.68. The summed E-state index contributed by atoms with van der Waals surface area (Å²) in [5.41, 5.74) is 2.16. The number of rotatable bonds is 12. The van der Waals surface area contributed by atoms with Crippen LogP contribution in [0.4, 0.5) is 5.69 Å². The van der Waals surface area contributed by atoms with Crippen LogP contribution < -0.4 is 9.62 Å². The highest BCUT2D eigenvalue weighted by Gasteiger charge is 2.29. The van der Waals surface area contributed by atoms with Gasteiger partial charge in [0.2, 0.25) is 21.8 Å². The van der Waals surface area contributed by atoms with Crippen molar-refractivity contribution >= 4 is 50.7 Å². The number of halogens is 2. The number of hydrogen-bond acceptors (Lipinski definition) is 4. The summed E-state index contributed by atoms with van der Waals surface area (Å²) in [6.45, 7) is 7.72. The smallest absolute Gasteiger partial charge is 0.243 e. The van der Waals surface area contributed by atoms with Crippen molar-refractivity contribution in [3.63, 3.8) is 0 Å². The minimum absolute atomic E-state index is 0.0640. The molecular weight excluding hydrogens is 521 g/mol. The molecule has 0 saturated carbocycles. The Morgan fingerprint density at radius 1 is 1.08 bits per heavy atom. The Kier molecular flexibility index (Phi) is 11.1. The molecule has 0 unspecified atom stereocenters. The van der Waals surface area contributed by atoms with Crippen LogP contribution in [0.1, 0.15) is 51.2 Å². The predicted octanol–water partition coefficient (Wildman–Crippen LogP) is 5.18. The topological polar surface area (TPSA) is 86.8 Å². The van der Waals surface area contributed by atoms with Crippen LogP contribution in [0.3, 0.4) is 0 Å². The van der Waals surface area contributed by atoms with E-state index in [2.05, 4.69) is 5.32 Å². The Bertz CT molecular complexity index is 1170. The van der Waals surface area contributed by atoms with E-state index in [0.717, 1.165) is 11.8 Å². The monoisotopic (exact) mass is 555 g/mol. The van der Waals surface area contributed by atoms with Crippen molar-refractivity contribution in [1.29, 1.82) is 0 Å². The van der Waals surface area contributed by atoms with E-state index in [1.54, 1.807) is 36.4 Å². The normalized spacial score (nSPS) is 12.3. The van der Waals surface area contributed by atoms with Gasteiger partial charge < -0.3 is 10.2 Å². The number of carbonyl (C=O) groups excluding carboxylic acids is 2. The SMILES string of the molecule is CC[C@@H](C(=O)NC(C)C)N(Cc1ccc(Cl)cc1Cl)C(=O)CCCN(c1cccc(C)c1)S(C)(=O)=O. The largest absolute Gasteiger partial charge is 0.352 e. The van der Waals surface area contributed by atoms with Crippen LogP contribution in [0.2, 0.25) is 10.0 Å². The summed E-state index contributed by atoms with van der Waals surface area (Å²) in [4.78, 5) is 27.9. The molecule has 36 heavy (non-hydrogen) atoms. The maximum atomic E-state index is 13.4. The number of nitrogens with zero attached hydrogens (tertiary/aromatic N) is 2. The summed E-state index contributed by atoms with van der Waals surface area (Å²) in [5.74, 6) is -0.507. The molecule has 0 bridgehead atoms. The van der Waals surface area contributed by atoms with Crippen molar-refractivity contribution in [2.24, 2.45) is 0 Å². The summed E-state index contributed by atoms with van der Waals surface area (Å²) in [7, 11) is -3.54. The molecule has 2 aromatic carbocycles. The average Bonchev–Trinajstić information content (AvgIpc) is 2.76. The number of anilines is 1. The fraction of sp³-hybridized carbons (Fsp3) is 0.462. The first-order valence-corrected chi connectivity index (χ1v) is 14.5. The molecule has 2 amide bonds. The summed E-state index contributed by atoms with van der Waals surface area (Å²) >= 11 is 12.4. The highest BCUT2D eigenvalue weighted by Crippen LogP contribution is 2.25. The second kappa shape index (κ2) is 13.3. The third-order valence-electron chi connectivity index (χ3n) is 5.61. The van der Waals surface area contributed by atoms with Crippen molar-refractivity contribution in [3.05, 3.63) is 63.6 Å². The molecule has 1 atom stereocenters. The van der Waals surface area contributed by atoms with E-state index in [9.17, 15) is 18.0 Å². The second-order valence-electron chi connectivity index (χ2n) is 9.12. The molecule has 2 rings (SSSR count). The lowest BCUT2D eigenvalue weighted by molar-refractivity contribution is -0.141. The number of nitrogens with one attached hydrogen (secondary N) is 1. The molecule has 0 aliphatic carbocycles. The Hall–Kier alpha value is -2.29. The summed E-state index contributed by atoms with van der Waals surface area (Å²) in [6.07, 6.45) is 1.91. The summed E-state index contributed by atoms with van der Waals surface area (Å²) < 4.78 is 26.2. The van der Waals surface area contributed by atoms with Crippen molar-refractivity contribution in [2.45, 2.75) is 65.6 Å². The molecule has 0 fully saturated rings. The first-order chi connectivity index (χ1) is 16.8. The Morgan fingerprint density at radius 2 is 1.78 bits per heavy atom. The predicted molar refractivity (Wildman–Crippen MR) is 147 cm³/mol. The minimum Gasteiger partial charge on any atom is -0.352 e. The molecule has 0 aliphatic rings. The molecule has 0 saturated heterocycles. The van der Waals surface area contributed by atoms with Crippen LogP contribution in [0, 0.1) is 6.92 Å². The lowest BCUT2D eigenvalue weighted by Gasteiger charge is -2.32. The number of sulfonamides is 1. The molecule has 0 spiro atoms. The number of hydrogen-bond donors (Lipinski definition) is 1. The van der Waals surface area contributed by atoms with Crippen LogP contribution in [0.25, 0.3) is 0 Å². The van der Waals surface area contributed by atoms with Gasteiger partial charge in [0.05, 0.1) is 11.9 Å². The van der Waals surface area contributed by atoms with Crippen molar-refractivity contribution in [1.82, 2.24) is 10.2 Å². The van der Waals surface area contributed by atoms with Crippen molar-refractivity contribution in [2.75, 3.05) is 17.1 Å². The van der Waals surface area contributed by atoms with Crippen LogP contribution in [-0.2, 0) is 26.2 Å². The van der Waals surface area contributed by atoms with Crippen LogP contribution in [-0.4, -0.2) is 50.0 Å². The van der Waals surface area contributed by atoms with Gasteiger partial charge in [-0.3, -0.25) is 13.9 Å². The van der Waals surface area contributed by atoms with Crippen LogP contribution in [0.5, 0.6) is 0 Å². The molecule has 7 nitrogen and oxygen atoms in total. The van der Waals surface area contributed by atoms with E-state index < -0.39 is 16.1 Å². The molecular formula is C26H35Cl2N3O4S. The molecule has 2 aromatic rings. The zero-order valence-corrected chi connectivity index (χ0v) is 23.8. The zero-order chi connectivity index (χ0) is 27.0. The quantitative estimate of drug-likeness (QED) is 0.391. The fourth-order valence-electron chi connectivity index (χ4n) is 3.92. The highest BCUT2D eigenvalue weighted by molar-refractivity contribution is 7.92. The fourth-order valence-corrected chi connectivity index (χ4v) is 5.35. The van der Waals surface area contributed by atoms with Gasteiger partial charge in [0, 0.05) is 35.6 Å². The second-order valence-corrected chi connectivity index (χ2v) is 11.9. The maximum absolute atomic E-state index is 13.4. The van der Waals surface area contributed by atoms with Gasteiger partial charge in [-0.15, -0.1) is 0 Å². The van der Waals surface area contributed by atoms with Gasteiger partial charge in [-0.25, -0.2) is 8.42 Å².